The molecule has 2 atom stereocenters. The van der Waals surface area contributed by atoms with Crippen LogP contribution in [0.25, 0.3) is 0 Å². The Kier molecular flexibility index (Phi) is 5.90. The van der Waals surface area contributed by atoms with E-state index < -0.39 is 16.1 Å². The van der Waals surface area contributed by atoms with Gasteiger partial charge in [0, 0.05) is 5.56 Å². The Labute approximate surface area is 177 Å². The van der Waals surface area contributed by atoms with Crippen molar-refractivity contribution in [3.63, 3.8) is 0 Å². The molecule has 4 rings (SSSR count). The van der Waals surface area contributed by atoms with Gasteiger partial charge in [-0.25, -0.2) is 8.42 Å². The topological polar surface area (TPSA) is 87.6 Å². The molecule has 1 unspecified atom stereocenters. The summed E-state index contributed by atoms with van der Waals surface area (Å²) >= 11 is 0. The van der Waals surface area contributed by atoms with Gasteiger partial charge >= 0.3 is 0 Å². The van der Waals surface area contributed by atoms with Gasteiger partial charge in [-0.05, 0) is 43.4 Å². The maximum Gasteiger partial charge on any atom is 0.263 e. The SMILES string of the molecule is C[C@H](N=C1NS(=O)(=O)c2ccccc21)C(=O)NC(c1ccccc1)C1CCCCC1. The second-order valence-electron chi connectivity index (χ2n) is 8.05. The highest BCUT2D eigenvalue weighted by Crippen LogP contribution is 2.34. The third kappa shape index (κ3) is 4.26. The molecule has 2 N–H and O–H groups in total. The summed E-state index contributed by atoms with van der Waals surface area (Å²) in [6.45, 7) is 1.69. The molecule has 7 heteroatoms. The number of hydrogen-bond donors (Lipinski definition) is 2. The van der Waals surface area contributed by atoms with E-state index in [9.17, 15) is 13.2 Å². The molecule has 0 bridgehead atoms. The summed E-state index contributed by atoms with van der Waals surface area (Å²) < 4.78 is 27.1. The number of rotatable bonds is 5. The Morgan fingerprint density at radius 1 is 1.03 bits per heavy atom. The number of fused-ring (bicyclic) bond motifs is 1. The van der Waals surface area contributed by atoms with Crippen molar-refractivity contribution < 1.29 is 13.2 Å². The van der Waals surface area contributed by atoms with Crippen LogP contribution in [0, 0.1) is 5.92 Å². The van der Waals surface area contributed by atoms with Crippen LogP contribution in [-0.4, -0.2) is 26.2 Å². The predicted octanol–water partition coefficient (Wildman–Crippen LogP) is 3.55. The zero-order chi connectivity index (χ0) is 21.1. The summed E-state index contributed by atoms with van der Waals surface area (Å²) in [6, 6.07) is 16.0. The number of amidine groups is 1. The smallest absolute Gasteiger partial charge is 0.263 e. The molecule has 1 amide bonds. The van der Waals surface area contributed by atoms with Crippen molar-refractivity contribution in [2.24, 2.45) is 10.9 Å². The maximum atomic E-state index is 13.0. The van der Waals surface area contributed by atoms with Gasteiger partial charge in [0.05, 0.1) is 10.9 Å². The number of hydrogen-bond acceptors (Lipinski definition) is 4. The van der Waals surface area contributed by atoms with Gasteiger partial charge in [-0.1, -0.05) is 61.7 Å². The molecule has 6 nitrogen and oxygen atoms in total. The van der Waals surface area contributed by atoms with Gasteiger partial charge in [-0.3, -0.25) is 14.5 Å². The third-order valence-electron chi connectivity index (χ3n) is 5.94. The van der Waals surface area contributed by atoms with E-state index in [1.807, 2.05) is 18.2 Å². The van der Waals surface area contributed by atoms with Crippen molar-refractivity contribution in [1.82, 2.24) is 10.0 Å². The zero-order valence-corrected chi connectivity index (χ0v) is 17.9. The number of benzene rings is 2. The first kappa shape index (κ1) is 20.6. The van der Waals surface area contributed by atoms with Gasteiger partial charge in [0.2, 0.25) is 5.91 Å². The Bertz CT molecular complexity index is 1040. The molecule has 0 aromatic heterocycles. The summed E-state index contributed by atoms with van der Waals surface area (Å²) in [5.41, 5.74) is 1.61. The first-order valence-corrected chi connectivity index (χ1v) is 12.0. The predicted molar refractivity (Wildman–Crippen MR) is 117 cm³/mol. The summed E-state index contributed by atoms with van der Waals surface area (Å²) in [5, 5.41) is 3.20. The fourth-order valence-electron chi connectivity index (χ4n) is 4.36. The number of carbonyl (C=O) groups excluding carboxylic acids is 1. The van der Waals surface area contributed by atoms with Crippen LogP contribution in [0.2, 0.25) is 0 Å². The molecule has 2 aromatic rings. The monoisotopic (exact) mass is 425 g/mol. The molecule has 0 radical (unpaired) electrons. The minimum Gasteiger partial charge on any atom is -0.347 e. The van der Waals surface area contributed by atoms with Crippen LogP contribution < -0.4 is 10.0 Å². The largest absolute Gasteiger partial charge is 0.347 e. The number of carbonyl (C=O) groups is 1. The maximum absolute atomic E-state index is 13.0. The highest BCUT2D eigenvalue weighted by atomic mass is 32.2. The molecule has 1 aliphatic heterocycles. The van der Waals surface area contributed by atoms with Gasteiger partial charge in [0.15, 0.2) is 0 Å². The highest BCUT2D eigenvalue weighted by Gasteiger charge is 2.32. The first-order valence-electron chi connectivity index (χ1n) is 10.5. The molecule has 2 aromatic carbocycles. The molecule has 30 heavy (non-hydrogen) atoms. The van der Waals surface area contributed by atoms with Crippen LogP contribution in [-0.2, 0) is 14.8 Å². The number of nitrogens with one attached hydrogen (secondary N) is 2. The summed E-state index contributed by atoms with van der Waals surface area (Å²) in [4.78, 5) is 17.6. The molecule has 0 spiro atoms. The molecule has 1 heterocycles. The van der Waals surface area contributed by atoms with Gasteiger partial charge in [0.1, 0.15) is 11.9 Å². The van der Waals surface area contributed by atoms with Crippen molar-refractivity contribution in [3.8, 4) is 0 Å². The molecule has 1 aliphatic carbocycles. The standard InChI is InChI=1S/C23H27N3O3S/c1-16(24-22-19-14-8-9-15-20(19)30(28,29)26-22)23(27)25-21(17-10-4-2-5-11-17)18-12-6-3-7-13-18/h2,4-5,8-11,14-16,18,21H,3,6-7,12-13H2,1H3,(H,24,26)(H,25,27)/t16-,21?/m0/s1. The lowest BCUT2D eigenvalue weighted by atomic mass is 9.81. The molecule has 158 valence electrons. The third-order valence-corrected chi connectivity index (χ3v) is 7.34. The van der Waals surface area contributed by atoms with Crippen LogP contribution in [0.4, 0.5) is 0 Å². The molecule has 0 saturated heterocycles. The van der Waals surface area contributed by atoms with E-state index in [0.29, 0.717) is 11.5 Å². The number of sulfonamides is 1. The fraction of sp³-hybridized carbons (Fsp3) is 0.391. The van der Waals surface area contributed by atoms with Crippen LogP contribution in [0.1, 0.15) is 56.2 Å². The number of nitrogens with zero attached hydrogens (tertiary/aromatic N) is 1. The molecule has 1 fully saturated rings. The Morgan fingerprint density at radius 3 is 2.43 bits per heavy atom. The molecular weight excluding hydrogens is 398 g/mol. The highest BCUT2D eigenvalue weighted by molar-refractivity contribution is 7.90. The van der Waals surface area contributed by atoms with E-state index in [1.165, 1.54) is 19.3 Å². The van der Waals surface area contributed by atoms with Crippen molar-refractivity contribution in [1.29, 1.82) is 0 Å². The zero-order valence-electron chi connectivity index (χ0n) is 17.0. The lowest BCUT2D eigenvalue weighted by Gasteiger charge is -2.32. The van der Waals surface area contributed by atoms with Crippen LogP contribution >= 0.6 is 0 Å². The molecular formula is C23H27N3O3S. The second-order valence-corrected chi connectivity index (χ2v) is 9.70. The lowest BCUT2D eigenvalue weighted by molar-refractivity contribution is -0.123. The van der Waals surface area contributed by atoms with Crippen molar-refractivity contribution in [3.05, 3.63) is 65.7 Å². The van der Waals surface area contributed by atoms with Gasteiger partial charge < -0.3 is 5.32 Å². The fourth-order valence-corrected chi connectivity index (χ4v) is 5.60. The van der Waals surface area contributed by atoms with E-state index in [2.05, 4.69) is 27.2 Å². The summed E-state index contributed by atoms with van der Waals surface area (Å²) in [7, 11) is -3.62. The number of aliphatic imine (C=N–C) groups is 1. The number of amides is 1. The quantitative estimate of drug-likeness (QED) is 0.768. The van der Waals surface area contributed by atoms with Gasteiger partial charge in [0.25, 0.3) is 10.0 Å². The normalized spacial score (nSPS) is 21.4. The van der Waals surface area contributed by atoms with E-state index in [4.69, 9.17) is 0 Å². The van der Waals surface area contributed by atoms with Crippen molar-refractivity contribution in [2.45, 2.75) is 56.0 Å². The first-order chi connectivity index (χ1) is 14.5. The average Bonchev–Trinajstić information content (AvgIpc) is 3.03. The lowest BCUT2D eigenvalue weighted by Crippen LogP contribution is -2.39. The minimum absolute atomic E-state index is 0.0609. The summed E-state index contributed by atoms with van der Waals surface area (Å²) in [6.07, 6.45) is 5.79. The van der Waals surface area contributed by atoms with Crippen LogP contribution in [0.3, 0.4) is 0 Å². The van der Waals surface area contributed by atoms with E-state index >= 15 is 0 Å². The van der Waals surface area contributed by atoms with Crippen molar-refractivity contribution in [2.75, 3.05) is 0 Å². The minimum atomic E-state index is -3.62. The van der Waals surface area contributed by atoms with E-state index in [-0.39, 0.29) is 22.7 Å². The molecule has 1 saturated carbocycles. The van der Waals surface area contributed by atoms with Crippen LogP contribution in [0.5, 0.6) is 0 Å². The van der Waals surface area contributed by atoms with Crippen molar-refractivity contribution >= 4 is 21.8 Å². The summed E-state index contributed by atoms with van der Waals surface area (Å²) in [5.74, 6) is 0.420. The molecule has 2 aliphatic rings. The van der Waals surface area contributed by atoms with Gasteiger partial charge in [-0.2, -0.15) is 0 Å². The van der Waals surface area contributed by atoms with Gasteiger partial charge in [-0.15, -0.1) is 0 Å². The van der Waals surface area contributed by atoms with E-state index in [1.54, 1.807) is 31.2 Å². The van der Waals surface area contributed by atoms with Crippen LogP contribution in [0.15, 0.2) is 64.5 Å². The average molecular weight is 426 g/mol. The van der Waals surface area contributed by atoms with E-state index in [0.717, 1.165) is 18.4 Å². The Morgan fingerprint density at radius 2 is 1.70 bits per heavy atom. The Hall–Kier alpha value is -2.67. The second kappa shape index (κ2) is 8.60. The Balaban J connectivity index is 1.55.